The number of benzene rings is 1. The molecule has 0 amide bonds. The average molecular weight is 468 g/mol. The van der Waals surface area contributed by atoms with E-state index in [1.165, 1.54) is 11.5 Å². The number of nitrogens with one attached hydrogen (secondary N) is 1. The number of ether oxygens (including phenoxy) is 2. The summed E-state index contributed by atoms with van der Waals surface area (Å²) in [7, 11) is 1.68. The van der Waals surface area contributed by atoms with E-state index in [1.807, 2.05) is 16.9 Å². The first-order valence-electron chi connectivity index (χ1n) is 11.6. The Morgan fingerprint density at radius 1 is 1.27 bits per heavy atom. The normalized spacial score (nSPS) is 31.8. The second-order valence-electron chi connectivity index (χ2n) is 9.32. The van der Waals surface area contributed by atoms with Crippen LogP contribution in [0.15, 0.2) is 36.7 Å². The Bertz CT molecular complexity index is 1180. The summed E-state index contributed by atoms with van der Waals surface area (Å²) in [5.74, 6) is 1.77. The molecule has 1 saturated carbocycles. The number of fused-ring (bicyclic) bond motifs is 2. The van der Waals surface area contributed by atoms with Crippen LogP contribution in [-0.2, 0) is 4.74 Å². The fraction of sp³-hybridized carbons (Fsp3) is 0.500. The summed E-state index contributed by atoms with van der Waals surface area (Å²) in [5, 5.41) is 19.2. The minimum atomic E-state index is -0.249. The van der Waals surface area contributed by atoms with Crippen molar-refractivity contribution >= 4 is 27.4 Å². The Hall–Kier alpha value is -2.46. The van der Waals surface area contributed by atoms with Crippen molar-refractivity contribution in [2.24, 2.45) is 11.7 Å². The number of rotatable bonds is 4. The zero-order valence-corrected chi connectivity index (χ0v) is 19.4. The largest absolute Gasteiger partial charge is 0.486 e. The van der Waals surface area contributed by atoms with E-state index in [0.29, 0.717) is 11.9 Å². The average Bonchev–Trinajstić information content (AvgIpc) is 3.57. The molecular formula is C24H29N5O3S. The molecule has 0 radical (unpaired) electrons. The number of methoxy groups -OCH3 is 1. The molecule has 0 bridgehead atoms. The smallest absolute Gasteiger partial charge is 0.236 e. The molecule has 0 spiro atoms. The zero-order valence-electron chi connectivity index (χ0n) is 18.6. The summed E-state index contributed by atoms with van der Waals surface area (Å²) in [5.41, 5.74) is 8.59. The predicted octanol–water partition coefficient (Wildman–Crippen LogP) is 3.01. The summed E-state index contributed by atoms with van der Waals surface area (Å²) in [6.07, 6.45) is 9.15. The molecule has 1 aliphatic carbocycles. The van der Waals surface area contributed by atoms with Gasteiger partial charge in [0.2, 0.25) is 5.88 Å². The van der Waals surface area contributed by atoms with Crippen LogP contribution in [0, 0.1) is 5.92 Å². The number of nitrogens with zero attached hydrogens (tertiary/aromatic N) is 3. The van der Waals surface area contributed by atoms with E-state index in [0.717, 1.165) is 59.2 Å². The van der Waals surface area contributed by atoms with Crippen molar-refractivity contribution in [3.63, 3.8) is 0 Å². The van der Waals surface area contributed by atoms with Crippen LogP contribution in [0.25, 0.3) is 15.8 Å². The first-order chi connectivity index (χ1) is 16.1. The van der Waals surface area contributed by atoms with E-state index in [9.17, 15) is 5.11 Å². The van der Waals surface area contributed by atoms with Gasteiger partial charge in [0.25, 0.3) is 0 Å². The van der Waals surface area contributed by atoms with E-state index in [4.69, 9.17) is 20.3 Å². The molecule has 2 fully saturated rings. The maximum absolute atomic E-state index is 9.88. The number of hydrogen-bond donors (Lipinski definition) is 3. The summed E-state index contributed by atoms with van der Waals surface area (Å²) >= 11 is 1.49. The number of aromatic nitrogens is 3. The van der Waals surface area contributed by atoms with Crippen molar-refractivity contribution < 1.29 is 14.6 Å². The molecule has 2 aromatic heterocycles. The highest BCUT2D eigenvalue weighted by Gasteiger charge is 2.45. The van der Waals surface area contributed by atoms with E-state index in [-0.39, 0.29) is 30.2 Å². The zero-order chi connectivity index (χ0) is 22.5. The fourth-order valence-electron chi connectivity index (χ4n) is 5.58. The quantitative estimate of drug-likeness (QED) is 0.541. The molecule has 4 unspecified atom stereocenters. The molecular weight excluding hydrogens is 438 g/mol. The number of aliphatic hydroxyl groups is 1. The molecule has 4 atom stereocenters. The van der Waals surface area contributed by atoms with Crippen LogP contribution in [0.4, 0.5) is 0 Å². The van der Waals surface area contributed by atoms with E-state index in [2.05, 4.69) is 34.1 Å². The highest BCUT2D eigenvalue weighted by Crippen LogP contribution is 2.45. The maximum atomic E-state index is 9.88. The van der Waals surface area contributed by atoms with Gasteiger partial charge in [-0.2, -0.15) is 4.37 Å². The standard InChI is InChI=1S/C24H29N5O3S/c1-31-24-19(12-29(28-24)14-5-7-15(30)8-6-14)18-11-26-23(25)21-17(18)9-20(32-21)16-4-2-3-13-10-27-33-22(13)16/h2-4,9-10,12,14-15,17-18,21,23,26,30H,5-8,11,25H2,1H3/t14-,15-,17?,18?,21?,23?. The second kappa shape index (κ2) is 8.39. The highest BCUT2D eigenvalue weighted by atomic mass is 32.1. The third kappa shape index (κ3) is 3.63. The van der Waals surface area contributed by atoms with Gasteiger partial charge in [-0.3, -0.25) is 10.00 Å². The lowest BCUT2D eigenvalue weighted by molar-refractivity contribution is 0.0734. The SMILES string of the molecule is COc1nn([C@H]2CC[C@H](O)CC2)cc1C1CNC(N)C2OC(c3cccc4cnsc34)=CC12. The molecule has 4 N–H and O–H groups in total. The van der Waals surface area contributed by atoms with Crippen molar-refractivity contribution in [2.45, 2.75) is 56.0 Å². The lowest BCUT2D eigenvalue weighted by Gasteiger charge is -2.37. The summed E-state index contributed by atoms with van der Waals surface area (Å²) in [6, 6.07) is 6.50. The van der Waals surface area contributed by atoms with Crippen molar-refractivity contribution in [1.29, 1.82) is 0 Å². The molecule has 3 aromatic rings. The molecule has 33 heavy (non-hydrogen) atoms. The van der Waals surface area contributed by atoms with Gasteiger partial charge in [0.1, 0.15) is 11.9 Å². The van der Waals surface area contributed by atoms with E-state index in [1.54, 1.807) is 7.11 Å². The van der Waals surface area contributed by atoms with Gasteiger partial charge in [-0.15, -0.1) is 5.10 Å². The minimum Gasteiger partial charge on any atom is -0.486 e. The Morgan fingerprint density at radius 3 is 2.94 bits per heavy atom. The molecule has 8 nitrogen and oxygen atoms in total. The molecule has 3 aliphatic rings. The Kier molecular flexibility index (Phi) is 5.37. The Morgan fingerprint density at radius 2 is 2.12 bits per heavy atom. The Balaban J connectivity index is 1.34. The lowest BCUT2D eigenvalue weighted by Crippen LogP contribution is -2.56. The fourth-order valence-corrected chi connectivity index (χ4v) is 6.34. The van der Waals surface area contributed by atoms with Gasteiger partial charge < -0.3 is 20.3 Å². The third-order valence-corrected chi connectivity index (χ3v) is 8.23. The molecule has 1 aromatic carbocycles. The van der Waals surface area contributed by atoms with Gasteiger partial charge in [0, 0.05) is 47.3 Å². The summed E-state index contributed by atoms with van der Waals surface area (Å²) in [4.78, 5) is 0. The van der Waals surface area contributed by atoms with Crippen molar-refractivity contribution in [1.82, 2.24) is 19.5 Å². The predicted molar refractivity (Wildman–Crippen MR) is 127 cm³/mol. The molecule has 9 heteroatoms. The molecule has 4 heterocycles. The molecule has 2 aliphatic heterocycles. The molecule has 1 saturated heterocycles. The summed E-state index contributed by atoms with van der Waals surface area (Å²) < 4.78 is 19.7. The van der Waals surface area contributed by atoms with Crippen molar-refractivity contribution in [3.05, 3.63) is 47.8 Å². The number of aliphatic hydroxyl groups excluding tert-OH is 1. The second-order valence-corrected chi connectivity index (χ2v) is 10.1. The molecule has 6 rings (SSSR count). The van der Waals surface area contributed by atoms with Crippen LogP contribution < -0.4 is 15.8 Å². The van der Waals surface area contributed by atoms with Gasteiger partial charge >= 0.3 is 0 Å². The van der Waals surface area contributed by atoms with Gasteiger partial charge in [0.15, 0.2) is 0 Å². The minimum absolute atomic E-state index is 0.110. The topological polar surface area (TPSA) is 107 Å². The van der Waals surface area contributed by atoms with Gasteiger partial charge in [-0.05, 0) is 49.4 Å². The van der Waals surface area contributed by atoms with E-state index >= 15 is 0 Å². The van der Waals surface area contributed by atoms with Crippen LogP contribution in [-0.4, -0.2) is 51.3 Å². The van der Waals surface area contributed by atoms with Crippen molar-refractivity contribution in [2.75, 3.05) is 13.7 Å². The monoisotopic (exact) mass is 467 g/mol. The summed E-state index contributed by atoms with van der Waals surface area (Å²) in [6.45, 7) is 0.728. The maximum Gasteiger partial charge on any atom is 0.236 e. The number of nitrogens with two attached hydrogens (primary N) is 1. The van der Waals surface area contributed by atoms with Crippen molar-refractivity contribution in [3.8, 4) is 5.88 Å². The number of piperidine rings is 1. The first kappa shape index (κ1) is 21.1. The van der Waals surface area contributed by atoms with Gasteiger partial charge in [-0.1, -0.05) is 12.1 Å². The number of hydrogen-bond acceptors (Lipinski definition) is 8. The highest BCUT2D eigenvalue weighted by molar-refractivity contribution is 7.13. The van der Waals surface area contributed by atoms with Gasteiger partial charge in [0.05, 0.1) is 30.1 Å². The van der Waals surface area contributed by atoms with Crippen LogP contribution in [0.5, 0.6) is 5.88 Å². The van der Waals surface area contributed by atoms with Crippen LogP contribution in [0.2, 0.25) is 0 Å². The Labute approximate surface area is 196 Å². The van der Waals surface area contributed by atoms with Crippen LogP contribution in [0.1, 0.15) is 48.8 Å². The first-order valence-corrected chi connectivity index (χ1v) is 12.4. The van der Waals surface area contributed by atoms with E-state index < -0.39 is 0 Å². The van der Waals surface area contributed by atoms with Crippen LogP contribution in [0.3, 0.4) is 0 Å². The lowest BCUT2D eigenvalue weighted by atomic mass is 9.80. The molecule has 174 valence electrons. The van der Waals surface area contributed by atoms with Gasteiger partial charge in [-0.25, -0.2) is 0 Å². The van der Waals surface area contributed by atoms with Crippen LogP contribution >= 0.6 is 11.5 Å². The third-order valence-electron chi connectivity index (χ3n) is 7.38.